The molecule has 1 heterocycles. The molecule has 4 nitrogen and oxygen atoms in total. The molecule has 1 saturated heterocycles. The molecule has 1 N–H and O–H groups in total. The van der Waals surface area contributed by atoms with Crippen LogP contribution in [0.25, 0.3) is 10.8 Å². The van der Waals surface area contributed by atoms with E-state index in [1.54, 1.807) is 0 Å². The summed E-state index contributed by atoms with van der Waals surface area (Å²) in [5, 5.41) is 5.23. The van der Waals surface area contributed by atoms with Gasteiger partial charge in [-0.25, -0.2) is 0 Å². The Bertz CT molecular complexity index is 733. The molecule has 4 heteroatoms. The number of carbonyl (C=O) groups is 1. The average molecular weight is 369 g/mol. The summed E-state index contributed by atoms with van der Waals surface area (Å²) in [5.41, 5.74) is 0. The number of hydrogen-bond acceptors (Lipinski definition) is 3. The summed E-state index contributed by atoms with van der Waals surface area (Å²) in [6, 6.07) is 14.1. The Labute approximate surface area is 162 Å². The predicted molar refractivity (Wildman–Crippen MR) is 111 cm³/mol. The Morgan fingerprint density at radius 1 is 1.19 bits per heavy atom. The third-order valence-electron chi connectivity index (χ3n) is 5.51. The Morgan fingerprint density at radius 2 is 1.93 bits per heavy atom. The highest BCUT2D eigenvalue weighted by atomic mass is 16.5. The van der Waals surface area contributed by atoms with Crippen LogP contribution in [0.5, 0.6) is 5.75 Å². The van der Waals surface area contributed by atoms with Crippen molar-refractivity contribution in [2.45, 2.75) is 45.6 Å². The van der Waals surface area contributed by atoms with Crippen LogP contribution in [0.4, 0.5) is 0 Å². The normalized spacial score (nSPS) is 17.0. The van der Waals surface area contributed by atoms with Gasteiger partial charge >= 0.3 is 0 Å². The largest absolute Gasteiger partial charge is 0.480 e. The molecule has 0 aliphatic carbocycles. The zero-order valence-corrected chi connectivity index (χ0v) is 16.6. The first-order valence-corrected chi connectivity index (χ1v) is 10.3. The molecule has 2 aromatic carbocycles. The summed E-state index contributed by atoms with van der Waals surface area (Å²) >= 11 is 0. The van der Waals surface area contributed by atoms with Gasteiger partial charge in [0.1, 0.15) is 5.75 Å². The van der Waals surface area contributed by atoms with Crippen LogP contribution in [0.1, 0.15) is 39.5 Å². The number of fused-ring (bicyclic) bond motifs is 1. The first kappa shape index (κ1) is 19.7. The van der Waals surface area contributed by atoms with Gasteiger partial charge in [-0.05, 0) is 62.7 Å². The molecule has 0 bridgehead atoms. The molecule has 0 unspecified atom stereocenters. The highest BCUT2D eigenvalue weighted by Crippen LogP contribution is 2.26. The number of carbonyl (C=O) groups excluding carboxylic acids is 1. The number of hydrogen-bond donors (Lipinski definition) is 1. The number of nitrogens with zero attached hydrogens (tertiary/aromatic N) is 1. The summed E-state index contributed by atoms with van der Waals surface area (Å²) in [5.74, 6) is 1.62. The van der Waals surface area contributed by atoms with Crippen molar-refractivity contribution in [1.82, 2.24) is 10.2 Å². The second kappa shape index (κ2) is 9.75. The van der Waals surface area contributed by atoms with Crippen LogP contribution >= 0.6 is 0 Å². The summed E-state index contributed by atoms with van der Waals surface area (Å²) in [7, 11) is 0. The van der Waals surface area contributed by atoms with Crippen molar-refractivity contribution in [2.24, 2.45) is 5.92 Å². The summed E-state index contributed by atoms with van der Waals surface area (Å²) in [6.45, 7) is 8.48. The van der Waals surface area contributed by atoms with Gasteiger partial charge in [0, 0.05) is 11.9 Å². The van der Waals surface area contributed by atoms with Gasteiger partial charge in [0.05, 0.1) is 0 Å². The van der Waals surface area contributed by atoms with E-state index in [-0.39, 0.29) is 5.91 Å². The number of likely N-dealkylation sites (tertiary alicyclic amines) is 1. The van der Waals surface area contributed by atoms with Crippen molar-refractivity contribution in [2.75, 3.05) is 26.2 Å². The Kier molecular flexibility index (Phi) is 7.11. The Balaban J connectivity index is 1.47. The molecule has 1 aliphatic rings. The minimum atomic E-state index is -0.452. The maximum atomic E-state index is 12.6. The monoisotopic (exact) mass is 368 g/mol. The quantitative estimate of drug-likeness (QED) is 0.709. The smallest absolute Gasteiger partial charge is 0.261 e. The second-order valence-electron chi connectivity index (χ2n) is 7.66. The molecule has 1 fully saturated rings. The summed E-state index contributed by atoms with van der Waals surface area (Å²) in [4.78, 5) is 15.1. The molecule has 3 rings (SSSR count). The highest BCUT2D eigenvalue weighted by molar-refractivity contribution is 5.89. The van der Waals surface area contributed by atoms with Gasteiger partial charge < -0.3 is 15.0 Å². The van der Waals surface area contributed by atoms with Crippen molar-refractivity contribution in [3.63, 3.8) is 0 Å². The molecule has 1 amide bonds. The molecule has 0 radical (unpaired) electrons. The van der Waals surface area contributed by atoms with Crippen molar-refractivity contribution in [1.29, 1.82) is 0 Å². The van der Waals surface area contributed by atoms with Crippen molar-refractivity contribution >= 4 is 16.7 Å². The third-order valence-corrected chi connectivity index (χ3v) is 5.51. The lowest BCUT2D eigenvalue weighted by atomic mass is 9.99. The molecule has 27 heavy (non-hydrogen) atoms. The van der Waals surface area contributed by atoms with Gasteiger partial charge in [0.15, 0.2) is 6.10 Å². The van der Waals surface area contributed by atoms with Crippen molar-refractivity contribution in [3.05, 3.63) is 42.5 Å². The number of nitrogens with one attached hydrogen (secondary N) is 1. The van der Waals surface area contributed by atoms with E-state index in [4.69, 9.17) is 4.74 Å². The van der Waals surface area contributed by atoms with Crippen LogP contribution in [0.3, 0.4) is 0 Å². The highest BCUT2D eigenvalue weighted by Gasteiger charge is 2.19. The number of amides is 1. The van der Waals surface area contributed by atoms with Gasteiger partial charge in [-0.2, -0.15) is 0 Å². The lowest BCUT2D eigenvalue weighted by molar-refractivity contribution is -0.128. The average Bonchev–Trinajstić information content (AvgIpc) is 2.70. The minimum absolute atomic E-state index is 0.0160. The molecule has 1 atom stereocenters. The standard InChI is InChI=1S/C23H32N2O2/c1-3-21(27-22-11-6-9-19-8-4-5-10-20(19)22)23(26)24-14-7-15-25-16-12-18(2)13-17-25/h4-6,8-11,18,21H,3,7,12-17H2,1-2H3,(H,24,26)/t21-/m1/s1. The molecule has 0 saturated carbocycles. The Morgan fingerprint density at radius 3 is 2.70 bits per heavy atom. The summed E-state index contributed by atoms with van der Waals surface area (Å²) < 4.78 is 6.08. The first-order chi connectivity index (χ1) is 13.2. The van der Waals surface area contributed by atoms with Gasteiger partial charge in [-0.3, -0.25) is 4.79 Å². The van der Waals surface area contributed by atoms with Crippen LogP contribution in [-0.2, 0) is 4.79 Å². The van der Waals surface area contributed by atoms with Gasteiger partial charge in [0.2, 0.25) is 0 Å². The molecule has 0 aromatic heterocycles. The number of ether oxygens (including phenoxy) is 1. The second-order valence-corrected chi connectivity index (χ2v) is 7.66. The SMILES string of the molecule is CC[C@@H](Oc1cccc2ccccc12)C(=O)NCCCN1CCC(C)CC1. The van der Waals surface area contributed by atoms with E-state index in [2.05, 4.69) is 29.3 Å². The zero-order chi connectivity index (χ0) is 19.1. The number of rotatable bonds is 8. The van der Waals surface area contributed by atoms with E-state index in [0.717, 1.165) is 35.4 Å². The fourth-order valence-electron chi connectivity index (χ4n) is 3.69. The first-order valence-electron chi connectivity index (χ1n) is 10.3. The van der Waals surface area contributed by atoms with Gasteiger partial charge in [-0.15, -0.1) is 0 Å². The van der Waals surface area contributed by atoms with E-state index in [0.29, 0.717) is 13.0 Å². The maximum Gasteiger partial charge on any atom is 0.261 e. The predicted octanol–water partition coefficient (Wildman–Crippen LogP) is 4.24. The van der Waals surface area contributed by atoms with Crippen LogP contribution in [-0.4, -0.2) is 43.1 Å². The van der Waals surface area contributed by atoms with Crippen molar-refractivity contribution < 1.29 is 9.53 Å². The fraction of sp³-hybridized carbons (Fsp3) is 0.522. The van der Waals surface area contributed by atoms with Crippen LogP contribution in [0, 0.1) is 5.92 Å². The Hall–Kier alpha value is -2.07. The lowest BCUT2D eigenvalue weighted by Gasteiger charge is -2.30. The molecule has 146 valence electrons. The zero-order valence-electron chi connectivity index (χ0n) is 16.6. The van der Waals surface area contributed by atoms with Crippen LogP contribution in [0.2, 0.25) is 0 Å². The topological polar surface area (TPSA) is 41.6 Å². The third kappa shape index (κ3) is 5.46. The maximum absolute atomic E-state index is 12.6. The number of piperidine rings is 1. The molecular weight excluding hydrogens is 336 g/mol. The van der Waals surface area contributed by atoms with E-state index in [1.807, 2.05) is 37.3 Å². The van der Waals surface area contributed by atoms with Crippen LogP contribution < -0.4 is 10.1 Å². The molecular formula is C23H32N2O2. The van der Waals surface area contributed by atoms with Gasteiger partial charge in [-0.1, -0.05) is 50.2 Å². The van der Waals surface area contributed by atoms with E-state index in [1.165, 1.54) is 25.9 Å². The molecule has 0 spiro atoms. The summed E-state index contributed by atoms with van der Waals surface area (Å²) in [6.07, 6.45) is 3.78. The van der Waals surface area contributed by atoms with E-state index in [9.17, 15) is 4.79 Å². The minimum Gasteiger partial charge on any atom is -0.480 e. The molecule has 2 aromatic rings. The molecule has 1 aliphatic heterocycles. The van der Waals surface area contributed by atoms with Gasteiger partial charge in [0.25, 0.3) is 5.91 Å². The van der Waals surface area contributed by atoms with Crippen LogP contribution in [0.15, 0.2) is 42.5 Å². The van der Waals surface area contributed by atoms with E-state index < -0.39 is 6.10 Å². The van der Waals surface area contributed by atoms with E-state index >= 15 is 0 Å². The number of benzene rings is 2. The fourth-order valence-corrected chi connectivity index (χ4v) is 3.69. The lowest BCUT2D eigenvalue weighted by Crippen LogP contribution is -2.40. The van der Waals surface area contributed by atoms with Crippen molar-refractivity contribution in [3.8, 4) is 5.75 Å².